The topological polar surface area (TPSA) is 58.7 Å². The molecule has 1 aromatic carbocycles. The molecule has 5 nitrogen and oxygen atoms in total. The third kappa shape index (κ3) is 3.58. The highest BCUT2D eigenvalue weighted by Gasteiger charge is 2.20. The van der Waals surface area contributed by atoms with Crippen LogP contribution >= 0.6 is 22.7 Å². The number of β-amino-alcohol motifs (C(OH)–C–C–N with tert-alkyl or cyclic N) is 1. The molecular weight excluding hydrogens is 392 g/mol. The fourth-order valence-corrected chi connectivity index (χ4v) is 5.31. The van der Waals surface area contributed by atoms with Gasteiger partial charge in [0, 0.05) is 30.1 Å². The van der Waals surface area contributed by atoms with Crippen molar-refractivity contribution in [3.8, 4) is 17.0 Å². The Kier molecular flexibility index (Phi) is 4.90. The third-order valence-corrected chi connectivity index (χ3v) is 6.91. The highest BCUT2D eigenvalue weighted by atomic mass is 32.1. The number of aromatic nitrogens is 1. The first-order valence-electron chi connectivity index (χ1n) is 9.28. The lowest BCUT2D eigenvalue weighted by Gasteiger charge is -2.28. The first-order chi connectivity index (χ1) is 13.8. The molecule has 0 saturated heterocycles. The largest absolute Gasteiger partial charge is 0.491 e. The molecule has 0 amide bonds. The van der Waals surface area contributed by atoms with Gasteiger partial charge in [0.05, 0.1) is 0 Å². The predicted octanol–water partition coefficient (Wildman–Crippen LogP) is 4.42. The zero-order valence-corrected chi connectivity index (χ0v) is 16.8. The average Bonchev–Trinajstić information content (AvgIpc) is 3.43. The van der Waals surface area contributed by atoms with E-state index < -0.39 is 6.10 Å². The van der Waals surface area contributed by atoms with Crippen LogP contribution in [0.3, 0.4) is 0 Å². The number of rotatable bonds is 6. The maximum Gasteiger partial charge on any atom is 0.178 e. The SMILES string of the molecule is O[C@@H](COc1cccc(-c2noc3ccsc23)c1)CN1CCc2sccc2C1. The second-order valence-electron chi connectivity index (χ2n) is 6.99. The van der Waals surface area contributed by atoms with Crippen molar-refractivity contribution >= 4 is 33.0 Å². The smallest absolute Gasteiger partial charge is 0.178 e. The third-order valence-electron chi connectivity index (χ3n) is 4.98. The molecule has 1 N–H and O–H groups in total. The number of aliphatic hydroxyl groups excluding tert-OH is 1. The number of thiophene rings is 2. The summed E-state index contributed by atoms with van der Waals surface area (Å²) in [6.45, 7) is 2.79. The molecule has 0 aliphatic carbocycles. The van der Waals surface area contributed by atoms with Crippen LogP contribution < -0.4 is 4.74 Å². The van der Waals surface area contributed by atoms with Crippen LogP contribution in [0.5, 0.6) is 5.75 Å². The normalized spacial score (nSPS) is 15.6. The molecule has 3 aromatic heterocycles. The summed E-state index contributed by atoms with van der Waals surface area (Å²) >= 11 is 3.44. The maximum absolute atomic E-state index is 10.4. The van der Waals surface area contributed by atoms with Crippen LogP contribution in [-0.4, -0.2) is 41.0 Å². The van der Waals surface area contributed by atoms with E-state index in [4.69, 9.17) is 9.26 Å². The molecule has 0 fully saturated rings. The van der Waals surface area contributed by atoms with Crippen LogP contribution in [0.4, 0.5) is 0 Å². The van der Waals surface area contributed by atoms with Crippen molar-refractivity contribution < 1.29 is 14.4 Å². The number of hydrogen-bond donors (Lipinski definition) is 1. The molecule has 28 heavy (non-hydrogen) atoms. The molecule has 5 rings (SSSR count). The van der Waals surface area contributed by atoms with E-state index in [0.717, 1.165) is 46.8 Å². The van der Waals surface area contributed by atoms with Gasteiger partial charge in [0.1, 0.15) is 28.9 Å². The first-order valence-corrected chi connectivity index (χ1v) is 11.0. The van der Waals surface area contributed by atoms with Crippen LogP contribution in [0.25, 0.3) is 21.5 Å². The van der Waals surface area contributed by atoms with Crippen LogP contribution in [0.2, 0.25) is 0 Å². The molecule has 1 atom stereocenters. The molecule has 0 spiro atoms. The maximum atomic E-state index is 10.4. The molecular formula is C21H20N2O3S2. The first kappa shape index (κ1) is 17.9. The van der Waals surface area contributed by atoms with Crippen molar-refractivity contribution in [3.05, 3.63) is 57.6 Å². The van der Waals surface area contributed by atoms with Crippen LogP contribution in [0, 0.1) is 0 Å². The Morgan fingerprint density at radius 2 is 2.14 bits per heavy atom. The minimum absolute atomic E-state index is 0.268. The number of hydrogen-bond acceptors (Lipinski definition) is 7. The number of fused-ring (bicyclic) bond motifs is 2. The van der Waals surface area contributed by atoms with Gasteiger partial charge in [-0.2, -0.15) is 0 Å². The molecule has 0 bridgehead atoms. The van der Waals surface area contributed by atoms with Gasteiger partial charge < -0.3 is 14.4 Å². The Balaban J connectivity index is 1.21. The highest BCUT2D eigenvalue weighted by Crippen LogP contribution is 2.33. The minimum atomic E-state index is -0.528. The zero-order chi connectivity index (χ0) is 18.9. The van der Waals surface area contributed by atoms with E-state index in [-0.39, 0.29) is 6.61 Å². The zero-order valence-electron chi connectivity index (χ0n) is 15.2. The minimum Gasteiger partial charge on any atom is -0.491 e. The van der Waals surface area contributed by atoms with Crippen molar-refractivity contribution in [2.24, 2.45) is 0 Å². The fourth-order valence-electron chi connectivity index (χ4n) is 3.60. The number of nitrogens with zero attached hydrogens (tertiary/aromatic N) is 2. The predicted molar refractivity (Wildman–Crippen MR) is 112 cm³/mol. The van der Waals surface area contributed by atoms with Crippen LogP contribution in [0.15, 0.2) is 51.7 Å². The van der Waals surface area contributed by atoms with Gasteiger partial charge in [-0.25, -0.2) is 0 Å². The summed E-state index contributed by atoms with van der Waals surface area (Å²) in [5.74, 6) is 0.725. The second-order valence-corrected chi connectivity index (χ2v) is 8.91. The van der Waals surface area contributed by atoms with E-state index in [1.165, 1.54) is 10.4 Å². The van der Waals surface area contributed by atoms with Gasteiger partial charge in [-0.05, 0) is 47.0 Å². The lowest BCUT2D eigenvalue weighted by Crippen LogP contribution is -2.38. The van der Waals surface area contributed by atoms with E-state index in [2.05, 4.69) is 21.5 Å². The Labute approximate surface area is 170 Å². The summed E-state index contributed by atoms with van der Waals surface area (Å²) in [6.07, 6.45) is 0.539. The molecule has 4 heterocycles. The van der Waals surface area contributed by atoms with E-state index in [9.17, 15) is 5.11 Å². The van der Waals surface area contributed by atoms with Gasteiger partial charge in [-0.15, -0.1) is 22.7 Å². The quantitative estimate of drug-likeness (QED) is 0.508. The Morgan fingerprint density at radius 3 is 3.11 bits per heavy atom. The van der Waals surface area contributed by atoms with Crippen molar-refractivity contribution in [1.82, 2.24) is 10.1 Å². The summed E-state index contributed by atoms with van der Waals surface area (Å²) in [7, 11) is 0. The number of aliphatic hydroxyl groups is 1. The van der Waals surface area contributed by atoms with E-state index in [0.29, 0.717) is 6.54 Å². The van der Waals surface area contributed by atoms with Crippen molar-refractivity contribution in [1.29, 1.82) is 0 Å². The van der Waals surface area contributed by atoms with Crippen molar-refractivity contribution in [2.75, 3.05) is 19.7 Å². The summed E-state index contributed by atoms with van der Waals surface area (Å²) in [5, 5.41) is 18.8. The number of ether oxygens (including phenoxy) is 1. The van der Waals surface area contributed by atoms with Gasteiger partial charge in [0.25, 0.3) is 0 Å². The molecule has 0 unspecified atom stereocenters. The van der Waals surface area contributed by atoms with E-state index >= 15 is 0 Å². The van der Waals surface area contributed by atoms with Crippen molar-refractivity contribution in [2.45, 2.75) is 19.1 Å². The summed E-state index contributed by atoms with van der Waals surface area (Å²) in [5.41, 5.74) is 3.98. The fraction of sp³-hybridized carbons (Fsp3) is 0.286. The lowest BCUT2D eigenvalue weighted by atomic mass is 10.1. The van der Waals surface area contributed by atoms with Crippen LogP contribution in [-0.2, 0) is 13.0 Å². The molecule has 144 valence electrons. The van der Waals surface area contributed by atoms with Gasteiger partial charge in [0.15, 0.2) is 5.58 Å². The van der Waals surface area contributed by atoms with Crippen molar-refractivity contribution in [3.63, 3.8) is 0 Å². The van der Waals surface area contributed by atoms with E-state index in [1.807, 2.05) is 47.0 Å². The van der Waals surface area contributed by atoms with Crippen LogP contribution in [0.1, 0.15) is 10.4 Å². The van der Waals surface area contributed by atoms with Gasteiger partial charge in [-0.3, -0.25) is 4.90 Å². The summed E-state index contributed by atoms with van der Waals surface area (Å²) < 4.78 is 12.3. The molecule has 0 radical (unpaired) electrons. The average molecular weight is 413 g/mol. The highest BCUT2D eigenvalue weighted by molar-refractivity contribution is 7.17. The standard InChI is InChI=1S/C21H20N2O3S2/c24-16(12-23-7-4-19-15(11-23)5-8-27-19)13-25-17-3-1-2-14(10-17)20-21-18(26-22-20)6-9-28-21/h1-3,5-6,8-10,16,24H,4,7,11-13H2/t16-/m1/s1. The van der Waals surface area contributed by atoms with Gasteiger partial charge >= 0.3 is 0 Å². The Bertz CT molecular complexity index is 1080. The summed E-state index contributed by atoms with van der Waals surface area (Å²) in [4.78, 5) is 3.77. The summed E-state index contributed by atoms with van der Waals surface area (Å²) in [6, 6.07) is 11.9. The molecule has 1 aliphatic heterocycles. The van der Waals surface area contributed by atoms with E-state index in [1.54, 1.807) is 11.3 Å². The van der Waals surface area contributed by atoms with Gasteiger partial charge in [0.2, 0.25) is 0 Å². The Hall–Kier alpha value is -2.19. The Morgan fingerprint density at radius 1 is 1.21 bits per heavy atom. The monoisotopic (exact) mass is 412 g/mol. The molecule has 4 aromatic rings. The second kappa shape index (κ2) is 7.67. The lowest BCUT2D eigenvalue weighted by molar-refractivity contribution is 0.0640. The molecule has 1 aliphatic rings. The molecule has 0 saturated carbocycles. The number of benzene rings is 1. The molecule has 7 heteroatoms. The van der Waals surface area contributed by atoms with Gasteiger partial charge in [-0.1, -0.05) is 17.3 Å².